The molecular formula is C40H29ClO10. The molecule has 5 aromatic rings. The van der Waals surface area contributed by atoms with Crippen molar-refractivity contribution in [3.63, 3.8) is 0 Å². The minimum atomic E-state index is -0.764. The van der Waals surface area contributed by atoms with E-state index in [0.717, 1.165) is 5.56 Å². The molecule has 0 saturated carbocycles. The first-order valence-corrected chi connectivity index (χ1v) is 15.5. The third-order valence-electron chi connectivity index (χ3n) is 7.33. The molecule has 5 rings (SSSR count). The lowest BCUT2D eigenvalue weighted by molar-refractivity contribution is 0.0723. The number of hydrogen-bond acceptors (Lipinski definition) is 10. The number of aliphatic hydroxyl groups excluding tert-OH is 1. The highest BCUT2D eigenvalue weighted by Crippen LogP contribution is 2.31. The van der Waals surface area contributed by atoms with E-state index in [1.807, 2.05) is 0 Å². The molecule has 0 fully saturated rings. The summed E-state index contributed by atoms with van der Waals surface area (Å²) in [6.07, 6.45) is 0. The summed E-state index contributed by atoms with van der Waals surface area (Å²) in [7, 11) is 1.50. The summed E-state index contributed by atoms with van der Waals surface area (Å²) in [6, 6.07) is 28.5. The Kier molecular flexibility index (Phi) is 11.4. The number of benzene rings is 5. The fourth-order valence-corrected chi connectivity index (χ4v) is 4.60. The number of methoxy groups -OCH3 is 1. The topological polar surface area (TPSA) is 135 Å². The van der Waals surface area contributed by atoms with Crippen LogP contribution in [0.4, 0.5) is 0 Å². The van der Waals surface area contributed by atoms with Gasteiger partial charge >= 0.3 is 23.9 Å². The quantitative estimate of drug-likeness (QED) is 0.0777. The Labute approximate surface area is 297 Å². The van der Waals surface area contributed by atoms with E-state index in [4.69, 9.17) is 35.3 Å². The second-order valence-corrected chi connectivity index (χ2v) is 11.1. The molecule has 0 unspecified atom stereocenters. The number of hydrogen-bond donors (Lipinski definition) is 1. The summed E-state index contributed by atoms with van der Waals surface area (Å²) in [5, 5.41) is 9.30. The molecular weight excluding hydrogens is 676 g/mol. The van der Waals surface area contributed by atoms with Gasteiger partial charge in [-0.15, -0.1) is 0 Å². The van der Waals surface area contributed by atoms with Gasteiger partial charge in [0.15, 0.2) is 5.75 Å². The van der Waals surface area contributed by atoms with E-state index < -0.39 is 23.9 Å². The minimum Gasteiger partial charge on any atom is -0.497 e. The summed E-state index contributed by atoms with van der Waals surface area (Å²) in [4.78, 5) is 50.8. The first-order valence-electron chi connectivity index (χ1n) is 15.2. The number of aliphatic hydroxyl groups is 1. The van der Waals surface area contributed by atoms with Crippen LogP contribution in [0.2, 0.25) is 5.02 Å². The largest absolute Gasteiger partial charge is 0.497 e. The molecule has 0 amide bonds. The van der Waals surface area contributed by atoms with E-state index in [9.17, 15) is 24.3 Å². The van der Waals surface area contributed by atoms with E-state index in [1.165, 1.54) is 73.8 Å². The summed E-state index contributed by atoms with van der Waals surface area (Å²) in [6.45, 7) is 7.31. The van der Waals surface area contributed by atoms with Gasteiger partial charge in [0.05, 0.1) is 41.0 Å². The highest BCUT2D eigenvalue weighted by molar-refractivity contribution is 6.32. The van der Waals surface area contributed by atoms with E-state index >= 15 is 0 Å². The van der Waals surface area contributed by atoms with Gasteiger partial charge in [-0.05, 0) is 96.1 Å². The average molecular weight is 705 g/mol. The molecule has 10 nitrogen and oxygen atoms in total. The fraction of sp³-hybridized carbons (Fsp3) is 0.0500. The lowest BCUT2D eigenvalue weighted by Gasteiger charge is -2.10. The summed E-state index contributed by atoms with van der Waals surface area (Å²) >= 11 is 6.25. The predicted octanol–water partition coefficient (Wildman–Crippen LogP) is 7.84. The van der Waals surface area contributed by atoms with Gasteiger partial charge in [-0.2, -0.15) is 0 Å². The van der Waals surface area contributed by atoms with Crippen molar-refractivity contribution in [2.75, 3.05) is 13.7 Å². The van der Waals surface area contributed by atoms with Crippen LogP contribution in [-0.4, -0.2) is 42.7 Å². The molecule has 256 valence electrons. The van der Waals surface area contributed by atoms with Crippen LogP contribution in [0.3, 0.4) is 0 Å². The number of esters is 4. The molecule has 0 atom stereocenters. The summed E-state index contributed by atoms with van der Waals surface area (Å²) < 4.78 is 26.8. The molecule has 1 N–H and O–H groups in total. The van der Waals surface area contributed by atoms with Crippen LogP contribution in [0.5, 0.6) is 23.0 Å². The maximum Gasteiger partial charge on any atom is 0.343 e. The molecule has 0 radical (unpaired) electrons. The first kappa shape index (κ1) is 35.8. The SMILES string of the molecule is C=C(CO)c1ccc(C(=O)Oc2ccc(C(=O)Oc3cc(OC(=O)c4ccc(OC(=O)c5ccc(C(=C)OC)cc5)cc4)ccc3Cl)cc2)cc1. The molecule has 0 saturated heterocycles. The van der Waals surface area contributed by atoms with Crippen LogP contribution >= 0.6 is 11.6 Å². The Hall–Kier alpha value is -6.49. The Morgan fingerprint density at radius 2 is 0.882 bits per heavy atom. The van der Waals surface area contributed by atoms with Gasteiger partial charge in [0, 0.05) is 11.6 Å². The Morgan fingerprint density at radius 1 is 0.529 bits per heavy atom. The molecule has 51 heavy (non-hydrogen) atoms. The predicted molar refractivity (Wildman–Crippen MR) is 189 cm³/mol. The molecule has 0 aromatic heterocycles. The van der Waals surface area contributed by atoms with Gasteiger partial charge < -0.3 is 28.8 Å². The highest BCUT2D eigenvalue weighted by atomic mass is 35.5. The van der Waals surface area contributed by atoms with E-state index in [-0.39, 0.29) is 51.3 Å². The monoisotopic (exact) mass is 704 g/mol. The van der Waals surface area contributed by atoms with Crippen molar-refractivity contribution in [3.8, 4) is 23.0 Å². The van der Waals surface area contributed by atoms with Gasteiger partial charge in [-0.25, -0.2) is 19.2 Å². The van der Waals surface area contributed by atoms with E-state index in [0.29, 0.717) is 22.5 Å². The standard InChI is InChI=1S/C40H29ClO10/c1-24(23-42)26-4-8-28(9-5-26)37(43)48-33-18-14-31(15-19-33)40(46)51-36-22-34(20-21-35(36)41)50-39(45)30-12-16-32(17-13-30)49-38(44)29-10-6-27(7-11-29)25(2)47-3/h4-22,42H,1-2,23H2,3H3. The van der Waals surface area contributed by atoms with Crippen molar-refractivity contribution in [2.24, 2.45) is 0 Å². The van der Waals surface area contributed by atoms with Gasteiger partial charge in [0.2, 0.25) is 0 Å². The van der Waals surface area contributed by atoms with Crippen LogP contribution in [0.25, 0.3) is 11.3 Å². The van der Waals surface area contributed by atoms with Gasteiger partial charge in [0.1, 0.15) is 23.0 Å². The molecule has 0 aliphatic carbocycles. The Balaban J connectivity index is 1.16. The van der Waals surface area contributed by atoms with Crippen LogP contribution in [0, 0.1) is 0 Å². The Bertz CT molecular complexity index is 2100. The first-order chi connectivity index (χ1) is 24.5. The lowest BCUT2D eigenvalue weighted by atomic mass is 10.1. The zero-order chi connectivity index (χ0) is 36.5. The average Bonchev–Trinajstić information content (AvgIpc) is 3.16. The molecule has 11 heteroatoms. The van der Waals surface area contributed by atoms with Crippen molar-refractivity contribution in [1.29, 1.82) is 0 Å². The molecule has 0 heterocycles. The number of carbonyl (C=O) groups is 4. The van der Waals surface area contributed by atoms with Crippen LogP contribution in [0.15, 0.2) is 128 Å². The van der Waals surface area contributed by atoms with Crippen molar-refractivity contribution >= 4 is 46.8 Å². The van der Waals surface area contributed by atoms with E-state index in [1.54, 1.807) is 48.5 Å². The van der Waals surface area contributed by atoms with Crippen LogP contribution < -0.4 is 18.9 Å². The van der Waals surface area contributed by atoms with Crippen LogP contribution in [0.1, 0.15) is 52.6 Å². The number of rotatable bonds is 12. The highest BCUT2D eigenvalue weighted by Gasteiger charge is 2.17. The number of halogens is 1. The summed E-state index contributed by atoms with van der Waals surface area (Å²) in [5.41, 5.74) is 2.84. The third kappa shape index (κ3) is 9.15. The molecule has 0 aliphatic heterocycles. The molecule has 0 aliphatic rings. The van der Waals surface area contributed by atoms with Crippen molar-refractivity contribution in [3.05, 3.63) is 167 Å². The van der Waals surface area contributed by atoms with Crippen molar-refractivity contribution in [1.82, 2.24) is 0 Å². The summed E-state index contributed by atoms with van der Waals surface area (Å²) in [5.74, 6) is -1.83. The number of ether oxygens (including phenoxy) is 5. The van der Waals surface area contributed by atoms with Crippen molar-refractivity contribution in [2.45, 2.75) is 0 Å². The zero-order valence-electron chi connectivity index (χ0n) is 27.1. The van der Waals surface area contributed by atoms with E-state index in [2.05, 4.69) is 13.2 Å². The van der Waals surface area contributed by atoms with Crippen molar-refractivity contribution < 1.29 is 48.0 Å². The smallest absolute Gasteiger partial charge is 0.343 e. The fourth-order valence-electron chi connectivity index (χ4n) is 4.44. The van der Waals surface area contributed by atoms with Gasteiger partial charge in [0.25, 0.3) is 0 Å². The zero-order valence-corrected chi connectivity index (χ0v) is 27.8. The normalized spacial score (nSPS) is 10.4. The second kappa shape index (κ2) is 16.3. The van der Waals surface area contributed by atoms with Gasteiger partial charge in [-0.3, -0.25) is 0 Å². The Morgan fingerprint density at radius 3 is 1.31 bits per heavy atom. The minimum absolute atomic E-state index is 0.0540. The molecule has 0 bridgehead atoms. The number of carbonyl (C=O) groups excluding carboxylic acids is 4. The maximum absolute atomic E-state index is 12.9. The van der Waals surface area contributed by atoms with Gasteiger partial charge in [-0.1, -0.05) is 49.0 Å². The second-order valence-electron chi connectivity index (χ2n) is 10.7. The lowest BCUT2D eigenvalue weighted by Crippen LogP contribution is -2.11. The molecule has 5 aromatic carbocycles. The maximum atomic E-state index is 12.9. The third-order valence-corrected chi connectivity index (χ3v) is 7.64. The molecule has 0 spiro atoms. The van der Waals surface area contributed by atoms with Crippen LogP contribution in [-0.2, 0) is 4.74 Å².